The van der Waals surface area contributed by atoms with E-state index in [0.717, 1.165) is 5.56 Å². The third-order valence-corrected chi connectivity index (χ3v) is 7.16. The van der Waals surface area contributed by atoms with Crippen LogP contribution >= 0.6 is 7.37 Å². The highest BCUT2D eigenvalue weighted by Crippen LogP contribution is 2.45. The van der Waals surface area contributed by atoms with Gasteiger partial charge in [-0.15, -0.1) is 0 Å². The van der Waals surface area contributed by atoms with Crippen molar-refractivity contribution in [3.05, 3.63) is 113 Å². The molecule has 0 unspecified atom stereocenters. The summed E-state index contributed by atoms with van der Waals surface area (Å²) in [6, 6.07) is 30.9. The molecule has 0 aliphatic carbocycles. The lowest BCUT2D eigenvalue weighted by molar-refractivity contribution is 0.501. The molecule has 0 amide bonds. The molecule has 0 N–H and O–H groups in total. The van der Waals surface area contributed by atoms with Crippen LogP contribution in [0.4, 0.5) is 0 Å². The molecular formula is C24H20NO3P. The Labute approximate surface area is 169 Å². The fourth-order valence-electron chi connectivity index (χ4n) is 3.20. The standard InChI is InChI=1S/C24H20NO3P/c1-25-23(19-11-5-2-6-12-19)17-20(18-24(25)26)28-29(27,21-13-7-3-8-14-21)22-15-9-4-10-16-22/h2-18H,1H3. The molecule has 1 heterocycles. The molecule has 0 atom stereocenters. The van der Waals surface area contributed by atoms with E-state index < -0.39 is 7.37 Å². The minimum Gasteiger partial charge on any atom is -0.437 e. The zero-order valence-electron chi connectivity index (χ0n) is 15.9. The van der Waals surface area contributed by atoms with Crippen LogP contribution in [-0.2, 0) is 11.6 Å². The van der Waals surface area contributed by atoms with Crippen LogP contribution in [-0.4, -0.2) is 4.57 Å². The van der Waals surface area contributed by atoms with E-state index in [2.05, 4.69) is 0 Å². The summed E-state index contributed by atoms with van der Waals surface area (Å²) in [4.78, 5) is 12.6. The first-order valence-electron chi connectivity index (χ1n) is 9.25. The summed E-state index contributed by atoms with van der Waals surface area (Å²) in [5.74, 6) is 0.281. The molecule has 0 aliphatic rings. The molecule has 5 heteroatoms. The van der Waals surface area contributed by atoms with Crippen molar-refractivity contribution < 1.29 is 9.09 Å². The maximum atomic E-state index is 14.1. The zero-order valence-corrected chi connectivity index (χ0v) is 16.8. The third kappa shape index (κ3) is 3.80. The second-order valence-electron chi connectivity index (χ2n) is 6.65. The molecule has 0 saturated heterocycles. The normalized spacial score (nSPS) is 11.2. The van der Waals surface area contributed by atoms with Crippen molar-refractivity contribution in [3.63, 3.8) is 0 Å². The van der Waals surface area contributed by atoms with E-state index in [1.165, 1.54) is 6.07 Å². The number of aromatic nitrogens is 1. The van der Waals surface area contributed by atoms with Gasteiger partial charge in [0, 0.05) is 19.2 Å². The zero-order chi connectivity index (χ0) is 20.3. The lowest BCUT2D eigenvalue weighted by Crippen LogP contribution is -2.22. The van der Waals surface area contributed by atoms with Gasteiger partial charge in [-0.3, -0.25) is 9.36 Å². The predicted molar refractivity (Wildman–Crippen MR) is 118 cm³/mol. The SMILES string of the molecule is Cn1c(-c2ccccc2)cc(OP(=O)(c2ccccc2)c2ccccc2)cc1=O. The van der Waals surface area contributed by atoms with Gasteiger partial charge in [-0.25, -0.2) is 0 Å². The van der Waals surface area contributed by atoms with Gasteiger partial charge >= 0.3 is 7.37 Å². The maximum Gasteiger partial charge on any atom is 0.306 e. The summed E-state index contributed by atoms with van der Waals surface area (Å²) >= 11 is 0. The van der Waals surface area contributed by atoms with Crippen LogP contribution in [0.1, 0.15) is 0 Å². The average Bonchev–Trinajstić information content (AvgIpc) is 2.78. The Morgan fingerprint density at radius 2 is 1.21 bits per heavy atom. The first-order chi connectivity index (χ1) is 14.1. The summed E-state index contributed by atoms with van der Waals surface area (Å²) in [5.41, 5.74) is 1.35. The fourth-order valence-corrected chi connectivity index (χ4v) is 5.24. The fraction of sp³-hybridized carbons (Fsp3) is 0.0417. The van der Waals surface area contributed by atoms with Crippen LogP contribution in [0.3, 0.4) is 0 Å². The van der Waals surface area contributed by atoms with Gasteiger partial charge < -0.3 is 9.09 Å². The summed E-state index contributed by atoms with van der Waals surface area (Å²) < 4.78 is 21.8. The molecule has 4 nitrogen and oxygen atoms in total. The van der Waals surface area contributed by atoms with Gasteiger partial charge in [0.15, 0.2) is 0 Å². The van der Waals surface area contributed by atoms with Crippen molar-refractivity contribution in [2.24, 2.45) is 7.05 Å². The molecule has 0 spiro atoms. The highest BCUT2D eigenvalue weighted by atomic mass is 31.2. The number of hydrogen-bond donors (Lipinski definition) is 0. The Bertz CT molecular complexity index is 1180. The lowest BCUT2D eigenvalue weighted by atomic mass is 10.1. The maximum absolute atomic E-state index is 14.1. The first kappa shape index (κ1) is 19.0. The van der Waals surface area contributed by atoms with E-state index in [1.54, 1.807) is 41.9 Å². The summed E-state index contributed by atoms with van der Waals surface area (Å²) in [5, 5.41) is 1.15. The Morgan fingerprint density at radius 3 is 1.72 bits per heavy atom. The topological polar surface area (TPSA) is 48.3 Å². The van der Waals surface area contributed by atoms with E-state index in [-0.39, 0.29) is 11.3 Å². The highest BCUT2D eigenvalue weighted by Gasteiger charge is 2.30. The van der Waals surface area contributed by atoms with Crippen LogP contribution in [0.2, 0.25) is 0 Å². The molecule has 0 radical (unpaired) electrons. The van der Waals surface area contributed by atoms with Gasteiger partial charge in [-0.2, -0.15) is 0 Å². The molecule has 4 aromatic rings. The van der Waals surface area contributed by atoms with Crippen molar-refractivity contribution in [1.82, 2.24) is 4.57 Å². The molecule has 3 aromatic carbocycles. The number of benzene rings is 3. The largest absolute Gasteiger partial charge is 0.437 e. The van der Waals surface area contributed by atoms with Crippen molar-refractivity contribution in [2.45, 2.75) is 0 Å². The van der Waals surface area contributed by atoms with Crippen molar-refractivity contribution in [1.29, 1.82) is 0 Å². The van der Waals surface area contributed by atoms with Gasteiger partial charge in [0.2, 0.25) is 0 Å². The predicted octanol–water partition coefficient (Wildman–Crippen LogP) is 4.36. The quantitative estimate of drug-likeness (QED) is 0.467. The van der Waals surface area contributed by atoms with E-state index >= 15 is 0 Å². The molecular weight excluding hydrogens is 381 g/mol. The van der Waals surface area contributed by atoms with E-state index in [1.807, 2.05) is 66.7 Å². The van der Waals surface area contributed by atoms with Gasteiger partial charge in [0.25, 0.3) is 5.56 Å². The molecule has 4 rings (SSSR count). The Morgan fingerprint density at radius 1 is 0.724 bits per heavy atom. The van der Waals surface area contributed by atoms with Crippen molar-refractivity contribution in [2.75, 3.05) is 0 Å². The minimum atomic E-state index is -3.44. The van der Waals surface area contributed by atoms with Crippen LogP contribution < -0.4 is 20.7 Å². The highest BCUT2D eigenvalue weighted by molar-refractivity contribution is 7.74. The van der Waals surface area contributed by atoms with E-state index in [0.29, 0.717) is 16.3 Å². The van der Waals surface area contributed by atoms with E-state index in [9.17, 15) is 9.36 Å². The number of rotatable bonds is 5. The van der Waals surface area contributed by atoms with Gasteiger partial charge in [0.1, 0.15) is 5.75 Å². The molecule has 0 saturated carbocycles. The monoisotopic (exact) mass is 401 g/mol. The van der Waals surface area contributed by atoms with E-state index in [4.69, 9.17) is 4.52 Å². The third-order valence-electron chi connectivity index (χ3n) is 4.73. The van der Waals surface area contributed by atoms with Gasteiger partial charge in [0.05, 0.1) is 16.3 Å². The summed E-state index contributed by atoms with van der Waals surface area (Å²) in [7, 11) is -1.73. The summed E-state index contributed by atoms with van der Waals surface area (Å²) in [6.07, 6.45) is 0. The van der Waals surface area contributed by atoms with Gasteiger partial charge in [-0.05, 0) is 29.8 Å². The average molecular weight is 401 g/mol. The van der Waals surface area contributed by atoms with Crippen LogP contribution in [0, 0.1) is 0 Å². The van der Waals surface area contributed by atoms with Crippen LogP contribution in [0.5, 0.6) is 5.75 Å². The Hall–Kier alpha value is -3.36. The second kappa shape index (κ2) is 7.94. The molecule has 29 heavy (non-hydrogen) atoms. The Kier molecular flexibility index (Phi) is 5.20. The lowest BCUT2D eigenvalue weighted by Gasteiger charge is -2.21. The second-order valence-corrected chi connectivity index (χ2v) is 8.97. The van der Waals surface area contributed by atoms with Crippen molar-refractivity contribution >= 4 is 18.0 Å². The number of pyridine rings is 1. The summed E-state index contributed by atoms with van der Waals surface area (Å²) in [6.45, 7) is 0. The van der Waals surface area contributed by atoms with Gasteiger partial charge in [-0.1, -0.05) is 66.7 Å². The molecule has 0 fully saturated rings. The Balaban J connectivity index is 1.85. The number of nitrogens with zero attached hydrogens (tertiary/aromatic N) is 1. The molecule has 0 aliphatic heterocycles. The number of hydrogen-bond acceptors (Lipinski definition) is 3. The molecule has 0 bridgehead atoms. The smallest absolute Gasteiger partial charge is 0.306 e. The van der Waals surface area contributed by atoms with Crippen LogP contribution in [0.25, 0.3) is 11.3 Å². The molecule has 1 aromatic heterocycles. The molecule has 144 valence electrons. The first-order valence-corrected chi connectivity index (χ1v) is 10.9. The van der Waals surface area contributed by atoms with Crippen molar-refractivity contribution in [3.8, 4) is 17.0 Å². The van der Waals surface area contributed by atoms with Crippen LogP contribution in [0.15, 0.2) is 108 Å². The minimum absolute atomic E-state index is 0.228.